The van der Waals surface area contributed by atoms with E-state index in [-0.39, 0.29) is 0 Å². The predicted octanol–water partition coefficient (Wildman–Crippen LogP) is 12.5. The number of aromatic nitrogens is 2. The zero-order valence-electron chi connectivity index (χ0n) is 30.9. The number of fused-ring (bicyclic) bond motifs is 3. The number of aliphatic imine (C=N–C) groups is 1. The van der Waals surface area contributed by atoms with Crippen LogP contribution in [-0.2, 0) is 0 Å². The second-order valence-electron chi connectivity index (χ2n) is 13.8. The third kappa shape index (κ3) is 6.99. The number of anilines is 1. The van der Waals surface area contributed by atoms with Gasteiger partial charge in [0.15, 0.2) is 0 Å². The lowest BCUT2D eigenvalue weighted by atomic mass is 9.95. The summed E-state index contributed by atoms with van der Waals surface area (Å²) >= 11 is 0. The summed E-state index contributed by atoms with van der Waals surface area (Å²) in [5.41, 5.74) is 12.0. The number of benzene rings is 4. The Bertz CT molecular complexity index is 2570. The molecule has 0 N–H and O–H groups in total. The van der Waals surface area contributed by atoms with Crippen molar-refractivity contribution >= 4 is 44.6 Å². The number of rotatable bonds is 8. The number of allylic oxidation sites excluding steroid dienone is 11. The monoisotopic (exact) mass is 700 g/mol. The van der Waals surface area contributed by atoms with Crippen LogP contribution in [0.2, 0.25) is 0 Å². The lowest BCUT2D eigenvalue weighted by Gasteiger charge is -2.26. The molecule has 0 radical (unpaired) electrons. The Balaban J connectivity index is 1.34. The minimum Gasteiger partial charge on any atom is -0.322 e. The van der Waals surface area contributed by atoms with E-state index in [1.54, 1.807) is 0 Å². The summed E-state index contributed by atoms with van der Waals surface area (Å²) in [5.74, 6) is 1.42. The van der Waals surface area contributed by atoms with Gasteiger partial charge in [-0.3, -0.25) is 4.99 Å². The largest absolute Gasteiger partial charge is 0.322 e. The van der Waals surface area contributed by atoms with Gasteiger partial charge in [-0.1, -0.05) is 123 Å². The summed E-state index contributed by atoms with van der Waals surface area (Å²) in [6.07, 6.45) is 24.2. The maximum atomic E-state index is 5.24. The molecule has 4 nitrogen and oxygen atoms in total. The molecule has 1 aliphatic carbocycles. The number of hydrogen-bond donors (Lipinski definition) is 0. The second kappa shape index (κ2) is 15.6. The van der Waals surface area contributed by atoms with Crippen molar-refractivity contribution < 1.29 is 0 Å². The molecular formula is C50H44N4. The first kappa shape index (κ1) is 34.6. The molecule has 0 fully saturated rings. The molecular weight excluding hydrogens is 657 g/mol. The SMILES string of the molecule is C=C/C=C(\C=C/C)c1cccc(-c2cc(C3=NC/C=C\C=C/CN3c3ccccc3)cc(-c3ccc4c(c3)c3ccccc3n4C3=CC=CC(C)C3)c2)n1. The molecule has 0 spiro atoms. The van der Waals surface area contributed by atoms with Crippen LogP contribution in [0.25, 0.3) is 55.5 Å². The average molecular weight is 701 g/mol. The first-order valence-electron chi connectivity index (χ1n) is 18.8. The predicted molar refractivity (Wildman–Crippen MR) is 232 cm³/mol. The molecule has 0 bridgehead atoms. The van der Waals surface area contributed by atoms with E-state index in [1.807, 2.05) is 25.2 Å². The lowest BCUT2D eigenvalue weighted by molar-refractivity contribution is 0.730. The van der Waals surface area contributed by atoms with E-state index in [9.17, 15) is 0 Å². The molecule has 0 saturated heterocycles. The maximum absolute atomic E-state index is 5.24. The minimum absolute atomic E-state index is 0.497. The van der Waals surface area contributed by atoms with Crippen LogP contribution < -0.4 is 4.90 Å². The van der Waals surface area contributed by atoms with Gasteiger partial charge in [-0.05, 0) is 103 Å². The average Bonchev–Trinajstić information content (AvgIpc) is 3.60. The lowest BCUT2D eigenvalue weighted by Crippen LogP contribution is -2.32. The molecule has 1 aliphatic heterocycles. The third-order valence-corrected chi connectivity index (χ3v) is 10.1. The molecule has 4 heteroatoms. The van der Waals surface area contributed by atoms with Crippen molar-refractivity contribution in [3.05, 3.63) is 194 Å². The van der Waals surface area contributed by atoms with E-state index in [2.05, 4.69) is 181 Å². The Morgan fingerprint density at radius 1 is 0.759 bits per heavy atom. The van der Waals surface area contributed by atoms with E-state index in [0.717, 1.165) is 57.2 Å². The van der Waals surface area contributed by atoms with E-state index >= 15 is 0 Å². The highest BCUT2D eigenvalue weighted by Gasteiger charge is 2.20. The number of amidine groups is 1. The van der Waals surface area contributed by atoms with Crippen molar-refractivity contribution in [2.45, 2.75) is 20.3 Å². The molecule has 1 unspecified atom stereocenters. The van der Waals surface area contributed by atoms with Crippen LogP contribution in [0.1, 0.15) is 31.5 Å². The fraction of sp³-hybridized carbons (Fsp3) is 0.120. The standard InChI is InChI=1S/C50H44N4/c1-4-17-37(18-5-2)46-24-16-25-47(52-46)40-32-39(33-41(34-40)50-51-29-13-6-7-14-30-53(50)42-20-9-8-10-21-42)38-27-28-49-45(35-38)44-23-11-12-26-48(44)54(49)43-22-15-19-36(3)31-43/h4-28,32-36H,1,29-31H2,2-3H3/b13-6-,14-7-,18-5-,37-17+,51-50?. The van der Waals surface area contributed by atoms with Crippen LogP contribution in [0.3, 0.4) is 0 Å². The summed E-state index contributed by atoms with van der Waals surface area (Å²) in [6, 6.07) is 39.3. The number of hydrogen-bond acceptors (Lipinski definition) is 3. The highest BCUT2D eigenvalue weighted by Crippen LogP contribution is 2.38. The van der Waals surface area contributed by atoms with Crippen molar-refractivity contribution in [3.63, 3.8) is 0 Å². The van der Waals surface area contributed by atoms with Gasteiger partial charge in [-0.25, -0.2) is 4.98 Å². The highest BCUT2D eigenvalue weighted by atomic mass is 15.2. The Labute approximate surface area is 318 Å². The summed E-state index contributed by atoms with van der Waals surface area (Å²) in [7, 11) is 0. The molecule has 1 atom stereocenters. The molecule has 0 amide bonds. The van der Waals surface area contributed by atoms with Crippen molar-refractivity contribution in [2.75, 3.05) is 18.0 Å². The van der Waals surface area contributed by atoms with E-state index in [1.165, 1.54) is 27.5 Å². The zero-order chi connectivity index (χ0) is 36.9. The molecule has 2 aromatic heterocycles. The van der Waals surface area contributed by atoms with Gasteiger partial charge in [0.1, 0.15) is 5.84 Å². The van der Waals surface area contributed by atoms with Crippen LogP contribution in [0.15, 0.2) is 188 Å². The first-order valence-corrected chi connectivity index (χ1v) is 18.8. The van der Waals surface area contributed by atoms with Crippen molar-refractivity contribution in [2.24, 2.45) is 10.9 Å². The Kier molecular flexibility index (Phi) is 9.99. The normalized spacial score (nSPS) is 17.6. The van der Waals surface area contributed by atoms with Crippen LogP contribution in [-0.4, -0.2) is 28.5 Å². The molecule has 8 rings (SSSR count). The number of pyridine rings is 1. The molecule has 0 saturated carbocycles. The van der Waals surface area contributed by atoms with Gasteiger partial charge < -0.3 is 9.47 Å². The number of nitrogens with zero attached hydrogens (tertiary/aromatic N) is 4. The van der Waals surface area contributed by atoms with E-state index in [0.29, 0.717) is 19.0 Å². The minimum atomic E-state index is 0.497. The van der Waals surface area contributed by atoms with Crippen molar-refractivity contribution in [1.82, 2.24) is 9.55 Å². The highest BCUT2D eigenvalue weighted by molar-refractivity contribution is 6.13. The molecule has 2 aliphatic rings. The molecule has 54 heavy (non-hydrogen) atoms. The summed E-state index contributed by atoms with van der Waals surface area (Å²) in [5, 5.41) is 2.49. The Hall–Kier alpha value is -6.52. The van der Waals surface area contributed by atoms with Crippen LogP contribution in [0, 0.1) is 5.92 Å². The van der Waals surface area contributed by atoms with E-state index < -0.39 is 0 Å². The molecule has 3 heterocycles. The van der Waals surface area contributed by atoms with Gasteiger partial charge in [0.25, 0.3) is 0 Å². The van der Waals surface area contributed by atoms with Crippen molar-refractivity contribution in [3.8, 4) is 22.4 Å². The molecule has 264 valence electrons. The van der Waals surface area contributed by atoms with E-state index in [4.69, 9.17) is 9.98 Å². The third-order valence-electron chi connectivity index (χ3n) is 10.1. The van der Waals surface area contributed by atoms with Gasteiger partial charge in [0.2, 0.25) is 0 Å². The van der Waals surface area contributed by atoms with Crippen LogP contribution in [0.4, 0.5) is 5.69 Å². The topological polar surface area (TPSA) is 33.4 Å². The van der Waals surface area contributed by atoms with Crippen LogP contribution in [0.5, 0.6) is 0 Å². The smallest absolute Gasteiger partial charge is 0.136 e. The quantitative estimate of drug-likeness (QED) is 0.148. The van der Waals surface area contributed by atoms with Gasteiger partial charge in [-0.15, -0.1) is 0 Å². The van der Waals surface area contributed by atoms with Gasteiger partial charge >= 0.3 is 0 Å². The van der Waals surface area contributed by atoms with Gasteiger partial charge in [-0.2, -0.15) is 0 Å². The summed E-state index contributed by atoms with van der Waals surface area (Å²) in [6.45, 7) is 9.52. The maximum Gasteiger partial charge on any atom is 0.136 e. The summed E-state index contributed by atoms with van der Waals surface area (Å²) in [4.78, 5) is 12.8. The van der Waals surface area contributed by atoms with Crippen molar-refractivity contribution in [1.29, 1.82) is 0 Å². The van der Waals surface area contributed by atoms with Gasteiger partial charge in [0.05, 0.1) is 29.0 Å². The summed E-state index contributed by atoms with van der Waals surface area (Å²) < 4.78 is 2.45. The second-order valence-corrected chi connectivity index (χ2v) is 13.8. The number of para-hydroxylation sites is 2. The fourth-order valence-corrected chi connectivity index (χ4v) is 7.59. The molecule has 4 aromatic carbocycles. The fourth-order valence-electron chi connectivity index (χ4n) is 7.59. The first-order chi connectivity index (χ1) is 26.6. The van der Waals surface area contributed by atoms with Gasteiger partial charge in [0, 0.05) is 39.8 Å². The van der Waals surface area contributed by atoms with Crippen LogP contribution >= 0.6 is 0 Å². The Morgan fingerprint density at radius 3 is 2.41 bits per heavy atom. The molecule has 6 aromatic rings. The Morgan fingerprint density at radius 2 is 1.56 bits per heavy atom. The zero-order valence-corrected chi connectivity index (χ0v) is 30.9.